The lowest BCUT2D eigenvalue weighted by Crippen LogP contribution is -2.36. The van der Waals surface area contributed by atoms with Gasteiger partial charge < -0.3 is 15.5 Å². The van der Waals surface area contributed by atoms with E-state index in [0.29, 0.717) is 17.7 Å². The van der Waals surface area contributed by atoms with Crippen LogP contribution in [-0.2, 0) is 4.79 Å². The molecule has 1 unspecified atom stereocenters. The number of phenolic OH excluding ortho intramolecular Hbond substituents is 1. The molecule has 1 atom stereocenters. The summed E-state index contributed by atoms with van der Waals surface area (Å²) in [6.45, 7) is 8.43. The fourth-order valence-corrected chi connectivity index (χ4v) is 1.55. The van der Waals surface area contributed by atoms with E-state index in [-0.39, 0.29) is 11.2 Å². The van der Waals surface area contributed by atoms with E-state index in [2.05, 4.69) is 26.1 Å². The molecular formula is C15H23NO3. The molecule has 0 bridgehead atoms. The topological polar surface area (TPSA) is 69.6 Å². The van der Waals surface area contributed by atoms with Gasteiger partial charge in [0.15, 0.2) is 6.10 Å². The van der Waals surface area contributed by atoms with Crippen LogP contribution in [0, 0.1) is 12.3 Å². The normalized spacial score (nSPS) is 13.1. The summed E-state index contributed by atoms with van der Waals surface area (Å²) in [6.07, 6.45) is -0.256. The lowest BCUT2D eigenvalue weighted by atomic mass is 9.90. The summed E-state index contributed by atoms with van der Waals surface area (Å²) in [6, 6.07) is 4.65. The second-order valence-electron chi connectivity index (χ2n) is 5.68. The predicted molar refractivity (Wildman–Crippen MR) is 74.9 cm³/mol. The van der Waals surface area contributed by atoms with Crippen LogP contribution in [0.3, 0.4) is 0 Å². The van der Waals surface area contributed by atoms with Crippen LogP contribution in [0.5, 0.6) is 5.75 Å². The Hall–Kier alpha value is -1.55. The molecule has 1 rings (SSSR count). The second-order valence-corrected chi connectivity index (χ2v) is 5.68. The minimum absolute atomic E-state index is 0.0141. The van der Waals surface area contributed by atoms with Crippen LogP contribution in [0.15, 0.2) is 18.2 Å². The van der Waals surface area contributed by atoms with Crippen molar-refractivity contribution in [2.45, 2.75) is 40.2 Å². The van der Waals surface area contributed by atoms with Crippen LogP contribution in [0.1, 0.15) is 44.4 Å². The standard InChI is InChI=1S/C15H23NO3/c1-5-15(3,4)9-16-14(19)13(18)11-6-7-12(17)10(2)8-11/h6-8,13,17-18H,5,9H2,1-4H3,(H,16,19). The molecule has 0 spiro atoms. The second kappa shape index (κ2) is 6.06. The Labute approximate surface area is 114 Å². The largest absolute Gasteiger partial charge is 0.508 e. The summed E-state index contributed by atoms with van der Waals surface area (Å²) in [7, 11) is 0. The number of aliphatic hydroxyl groups is 1. The molecule has 0 saturated carbocycles. The van der Waals surface area contributed by atoms with Gasteiger partial charge in [-0.25, -0.2) is 0 Å². The number of carbonyl (C=O) groups is 1. The first-order chi connectivity index (χ1) is 8.76. The van der Waals surface area contributed by atoms with E-state index in [9.17, 15) is 15.0 Å². The average Bonchev–Trinajstić information content (AvgIpc) is 2.38. The van der Waals surface area contributed by atoms with Crippen molar-refractivity contribution in [2.75, 3.05) is 6.54 Å². The minimum Gasteiger partial charge on any atom is -0.508 e. The minimum atomic E-state index is -1.20. The van der Waals surface area contributed by atoms with Crippen LogP contribution in [0.2, 0.25) is 0 Å². The third-order valence-corrected chi connectivity index (χ3v) is 3.48. The predicted octanol–water partition coefficient (Wildman–Crippen LogP) is 2.29. The van der Waals surface area contributed by atoms with E-state index in [4.69, 9.17) is 0 Å². The Morgan fingerprint density at radius 3 is 2.58 bits per heavy atom. The number of aromatic hydroxyl groups is 1. The highest BCUT2D eigenvalue weighted by Crippen LogP contribution is 2.22. The number of aliphatic hydroxyl groups excluding tert-OH is 1. The maximum absolute atomic E-state index is 11.9. The molecule has 0 radical (unpaired) electrons. The van der Waals surface area contributed by atoms with Crippen molar-refractivity contribution in [3.63, 3.8) is 0 Å². The molecule has 0 aliphatic heterocycles. The van der Waals surface area contributed by atoms with Crippen LogP contribution in [0.25, 0.3) is 0 Å². The molecule has 19 heavy (non-hydrogen) atoms. The van der Waals surface area contributed by atoms with Gasteiger partial charge in [-0.1, -0.05) is 26.8 Å². The zero-order valence-electron chi connectivity index (χ0n) is 12.0. The zero-order chi connectivity index (χ0) is 14.6. The fourth-order valence-electron chi connectivity index (χ4n) is 1.55. The number of hydrogen-bond acceptors (Lipinski definition) is 3. The number of nitrogens with one attached hydrogen (secondary N) is 1. The Balaban J connectivity index is 2.69. The quantitative estimate of drug-likeness (QED) is 0.765. The van der Waals surface area contributed by atoms with Crippen LogP contribution >= 0.6 is 0 Å². The molecule has 106 valence electrons. The highest BCUT2D eigenvalue weighted by atomic mass is 16.3. The highest BCUT2D eigenvalue weighted by molar-refractivity contribution is 5.82. The lowest BCUT2D eigenvalue weighted by molar-refractivity contribution is -0.130. The summed E-state index contributed by atoms with van der Waals surface area (Å²) in [5.74, 6) is -0.255. The van der Waals surface area contributed by atoms with Crippen molar-refractivity contribution in [1.29, 1.82) is 0 Å². The van der Waals surface area contributed by atoms with E-state index < -0.39 is 12.0 Å². The molecule has 0 aromatic heterocycles. The number of phenols is 1. The van der Waals surface area contributed by atoms with Gasteiger partial charge in [-0.3, -0.25) is 4.79 Å². The molecule has 1 aromatic carbocycles. The summed E-state index contributed by atoms with van der Waals surface area (Å²) in [4.78, 5) is 11.9. The SMILES string of the molecule is CCC(C)(C)CNC(=O)C(O)c1ccc(O)c(C)c1. The molecule has 0 heterocycles. The van der Waals surface area contributed by atoms with Gasteiger partial charge in [-0.05, 0) is 42.0 Å². The first-order valence-electron chi connectivity index (χ1n) is 6.52. The molecule has 0 fully saturated rings. The molecule has 0 aliphatic rings. The zero-order valence-corrected chi connectivity index (χ0v) is 12.0. The Kier molecular flexibility index (Phi) is 4.95. The van der Waals surface area contributed by atoms with Gasteiger partial charge in [0, 0.05) is 6.54 Å². The summed E-state index contributed by atoms with van der Waals surface area (Å²) < 4.78 is 0. The monoisotopic (exact) mass is 265 g/mol. The summed E-state index contributed by atoms with van der Waals surface area (Å²) >= 11 is 0. The van der Waals surface area contributed by atoms with Crippen molar-refractivity contribution < 1.29 is 15.0 Å². The molecule has 0 aliphatic carbocycles. The Morgan fingerprint density at radius 2 is 2.05 bits per heavy atom. The third kappa shape index (κ3) is 4.24. The molecule has 0 saturated heterocycles. The van der Waals surface area contributed by atoms with E-state index in [0.717, 1.165) is 6.42 Å². The molecular weight excluding hydrogens is 242 g/mol. The van der Waals surface area contributed by atoms with E-state index in [1.807, 2.05) is 0 Å². The van der Waals surface area contributed by atoms with Crippen molar-refractivity contribution in [1.82, 2.24) is 5.32 Å². The summed E-state index contributed by atoms with van der Waals surface area (Å²) in [5, 5.41) is 22.2. The van der Waals surface area contributed by atoms with Crippen molar-refractivity contribution in [3.8, 4) is 5.75 Å². The van der Waals surface area contributed by atoms with Gasteiger partial charge in [-0.15, -0.1) is 0 Å². The van der Waals surface area contributed by atoms with Gasteiger partial charge in [0.05, 0.1) is 0 Å². The van der Waals surface area contributed by atoms with Crippen LogP contribution in [-0.4, -0.2) is 22.7 Å². The molecule has 4 heteroatoms. The fraction of sp³-hybridized carbons (Fsp3) is 0.533. The van der Waals surface area contributed by atoms with Crippen molar-refractivity contribution >= 4 is 5.91 Å². The smallest absolute Gasteiger partial charge is 0.253 e. The van der Waals surface area contributed by atoms with Gasteiger partial charge in [0.25, 0.3) is 5.91 Å². The maximum Gasteiger partial charge on any atom is 0.253 e. The van der Waals surface area contributed by atoms with Gasteiger partial charge in [0.2, 0.25) is 0 Å². The Bertz CT molecular complexity index is 455. The first-order valence-corrected chi connectivity index (χ1v) is 6.52. The third-order valence-electron chi connectivity index (χ3n) is 3.48. The molecule has 3 N–H and O–H groups in total. The first kappa shape index (κ1) is 15.5. The lowest BCUT2D eigenvalue weighted by Gasteiger charge is -2.23. The van der Waals surface area contributed by atoms with Crippen LogP contribution < -0.4 is 5.32 Å². The van der Waals surface area contributed by atoms with E-state index in [1.54, 1.807) is 19.1 Å². The number of amides is 1. The van der Waals surface area contributed by atoms with Crippen molar-refractivity contribution in [2.24, 2.45) is 5.41 Å². The number of rotatable bonds is 5. The van der Waals surface area contributed by atoms with Gasteiger partial charge >= 0.3 is 0 Å². The van der Waals surface area contributed by atoms with E-state index >= 15 is 0 Å². The number of aryl methyl sites for hydroxylation is 1. The van der Waals surface area contributed by atoms with E-state index in [1.165, 1.54) is 6.07 Å². The van der Waals surface area contributed by atoms with Crippen molar-refractivity contribution in [3.05, 3.63) is 29.3 Å². The molecule has 1 aromatic rings. The van der Waals surface area contributed by atoms with Gasteiger partial charge in [0.1, 0.15) is 5.75 Å². The summed E-state index contributed by atoms with van der Waals surface area (Å²) in [5.41, 5.74) is 1.14. The number of benzene rings is 1. The average molecular weight is 265 g/mol. The van der Waals surface area contributed by atoms with Gasteiger partial charge in [-0.2, -0.15) is 0 Å². The molecule has 1 amide bonds. The number of carbonyl (C=O) groups excluding carboxylic acids is 1. The molecule has 4 nitrogen and oxygen atoms in total. The Morgan fingerprint density at radius 1 is 1.42 bits per heavy atom. The van der Waals surface area contributed by atoms with Crippen LogP contribution in [0.4, 0.5) is 0 Å². The maximum atomic E-state index is 11.9. The highest BCUT2D eigenvalue weighted by Gasteiger charge is 2.21. The number of hydrogen-bond donors (Lipinski definition) is 3.